The molecular weight excluding hydrogens is 480 g/mol. The van der Waals surface area contributed by atoms with Crippen LogP contribution in [0.4, 0.5) is 23.3 Å². The molecule has 1 N–H and O–H groups in total. The van der Waals surface area contributed by atoms with Crippen LogP contribution in [0.2, 0.25) is 5.02 Å². The van der Waals surface area contributed by atoms with Crippen LogP contribution in [0.1, 0.15) is 0 Å². The van der Waals surface area contributed by atoms with Gasteiger partial charge in [-0.1, -0.05) is 39.5 Å². The van der Waals surface area contributed by atoms with E-state index >= 15 is 0 Å². The van der Waals surface area contributed by atoms with Crippen molar-refractivity contribution in [2.45, 2.75) is 0 Å². The quantitative estimate of drug-likeness (QED) is 0.505. The van der Waals surface area contributed by atoms with E-state index in [1.165, 1.54) is 0 Å². The first-order valence-electron chi connectivity index (χ1n) is 9.71. The molecule has 9 heteroatoms. The Morgan fingerprint density at radius 2 is 1.77 bits per heavy atom. The molecule has 31 heavy (non-hydrogen) atoms. The van der Waals surface area contributed by atoms with Crippen molar-refractivity contribution in [2.75, 3.05) is 47.9 Å². The number of halogens is 2. The van der Waals surface area contributed by atoms with Gasteiger partial charge in [-0.3, -0.25) is 0 Å². The lowest BCUT2D eigenvalue weighted by Crippen LogP contribution is -2.47. The second-order valence-electron chi connectivity index (χ2n) is 6.82. The number of nitrogens with zero attached hydrogens (tertiary/aromatic N) is 5. The number of terminal acetylenes is 1. The van der Waals surface area contributed by atoms with Crippen LogP contribution in [0.5, 0.6) is 6.01 Å². The SMILES string of the molecule is C#CCOc1nc(Nc2ccc(Br)cc2)nc(N2CCN(c3cccc(Cl)c3)CC2)n1. The molecular formula is C22H20BrClN6O. The van der Waals surface area contributed by atoms with Crippen molar-refractivity contribution in [3.63, 3.8) is 0 Å². The third-order valence-electron chi connectivity index (χ3n) is 4.72. The Kier molecular flexibility index (Phi) is 6.75. The number of ether oxygens (including phenoxy) is 1. The lowest BCUT2D eigenvalue weighted by atomic mass is 10.2. The van der Waals surface area contributed by atoms with E-state index in [2.05, 4.69) is 58.0 Å². The maximum Gasteiger partial charge on any atom is 0.324 e. The number of aromatic nitrogens is 3. The second kappa shape index (κ2) is 9.86. The van der Waals surface area contributed by atoms with Gasteiger partial charge in [-0.15, -0.1) is 6.42 Å². The van der Waals surface area contributed by atoms with Gasteiger partial charge in [0.25, 0.3) is 0 Å². The van der Waals surface area contributed by atoms with Gasteiger partial charge < -0.3 is 19.9 Å². The highest BCUT2D eigenvalue weighted by Crippen LogP contribution is 2.24. The van der Waals surface area contributed by atoms with Crippen LogP contribution < -0.4 is 19.9 Å². The minimum atomic E-state index is 0.0870. The molecule has 1 aliphatic rings. The Hall–Kier alpha value is -3.02. The lowest BCUT2D eigenvalue weighted by Gasteiger charge is -2.36. The molecule has 4 rings (SSSR count). The van der Waals surface area contributed by atoms with Gasteiger partial charge in [0.15, 0.2) is 6.61 Å². The predicted octanol–water partition coefficient (Wildman–Crippen LogP) is 4.37. The molecule has 2 aromatic carbocycles. The van der Waals surface area contributed by atoms with E-state index in [9.17, 15) is 0 Å². The average Bonchev–Trinajstić information content (AvgIpc) is 2.79. The Bertz CT molecular complexity index is 1080. The maximum atomic E-state index is 6.14. The van der Waals surface area contributed by atoms with E-state index in [0.717, 1.165) is 47.0 Å². The van der Waals surface area contributed by atoms with Gasteiger partial charge in [0.2, 0.25) is 11.9 Å². The number of anilines is 4. The molecule has 7 nitrogen and oxygen atoms in total. The fraction of sp³-hybridized carbons (Fsp3) is 0.227. The number of hydrogen-bond donors (Lipinski definition) is 1. The molecule has 0 atom stereocenters. The predicted molar refractivity (Wildman–Crippen MR) is 127 cm³/mol. The van der Waals surface area contributed by atoms with Gasteiger partial charge in [0, 0.05) is 47.0 Å². The van der Waals surface area contributed by atoms with Crippen LogP contribution in [0.3, 0.4) is 0 Å². The minimum absolute atomic E-state index is 0.0870. The summed E-state index contributed by atoms with van der Waals surface area (Å²) in [4.78, 5) is 17.8. The summed E-state index contributed by atoms with van der Waals surface area (Å²) < 4.78 is 6.48. The molecule has 2 heterocycles. The molecule has 158 valence electrons. The standard InChI is InChI=1S/C22H20BrClN6O/c1-2-14-31-22-27-20(25-18-8-6-16(23)7-9-18)26-21(28-22)30-12-10-29(11-13-30)19-5-3-4-17(24)15-19/h1,3-9,15H,10-14H2,(H,25,26,27,28). The molecule has 3 aromatic rings. The fourth-order valence-electron chi connectivity index (χ4n) is 3.21. The van der Waals surface area contributed by atoms with Gasteiger partial charge in [-0.25, -0.2) is 0 Å². The topological polar surface area (TPSA) is 66.4 Å². The zero-order valence-electron chi connectivity index (χ0n) is 16.6. The van der Waals surface area contributed by atoms with Crippen LogP contribution in [0.15, 0.2) is 53.0 Å². The second-order valence-corrected chi connectivity index (χ2v) is 8.17. The molecule has 1 aromatic heterocycles. The van der Waals surface area contributed by atoms with Crippen LogP contribution in [0, 0.1) is 12.3 Å². The highest BCUT2D eigenvalue weighted by Gasteiger charge is 2.21. The molecule has 0 bridgehead atoms. The van der Waals surface area contributed by atoms with Gasteiger partial charge >= 0.3 is 6.01 Å². The van der Waals surface area contributed by atoms with Crippen molar-refractivity contribution in [3.8, 4) is 18.4 Å². The lowest BCUT2D eigenvalue weighted by molar-refractivity contribution is 0.339. The van der Waals surface area contributed by atoms with Crippen molar-refractivity contribution >= 4 is 50.8 Å². The first-order valence-corrected chi connectivity index (χ1v) is 10.9. The molecule has 1 fully saturated rings. The molecule has 0 amide bonds. The smallest absolute Gasteiger partial charge is 0.324 e. The minimum Gasteiger partial charge on any atom is -0.450 e. The summed E-state index contributed by atoms with van der Waals surface area (Å²) in [6.45, 7) is 3.24. The van der Waals surface area contributed by atoms with E-state index in [4.69, 9.17) is 22.8 Å². The zero-order chi connectivity index (χ0) is 21.6. The van der Waals surface area contributed by atoms with Crippen molar-refractivity contribution in [2.24, 2.45) is 0 Å². The number of nitrogens with one attached hydrogen (secondary N) is 1. The largest absolute Gasteiger partial charge is 0.450 e. The third kappa shape index (κ3) is 5.57. The zero-order valence-corrected chi connectivity index (χ0v) is 19.0. The highest BCUT2D eigenvalue weighted by molar-refractivity contribution is 9.10. The number of benzene rings is 2. The van der Waals surface area contributed by atoms with Gasteiger partial charge in [0.1, 0.15) is 0 Å². The summed E-state index contributed by atoms with van der Waals surface area (Å²) in [5.74, 6) is 3.39. The Morgan fingerprint density at radius 1 is 1.03 bits per heavy atom. The van der Waals surface area contributed by atoms with Crippen molar-refractivity contribution in [3.05, 3.63) is 58.0 Å². The number of rotatable bonds is 6. The van der Waals surface area contributed by atoms with Crippen molar-refractivity contribution in [1.29, 1.82) is 0 Å². The van der Waals surface area contributed by atoms with Crippen molar-refractivity contribution in [1.82, 2.24) is 15.0 Å². The molecule has 0 saturated carbocycles. The molecule has 0 spiro atoms. The summed E-state index contributed by atoms with van der Waals surface area (Å²) in [6.07, 6.45) is 5.32. The average molecular weight is 500 g/mol. The molecule has 0 unspecified atom stereocenters. The number of piperazine rings is 1. The summed E-state index contributed by atoms with van der Waals surface area (Å²) in [7, 11) is 0. The third-order valence-corrected chi connectivity index (χ3v) is 5.49. The van der Waals surface area contributed by atoms with E-state index in [0.29, 0.717) is 11.9 Å². The first-order chi connectivity index (χ1) is 15.1. The van der Waals surface area contributed by atoms with Crippen LogP contribution in [0.25, 0.3) is 0 Å². The van der Waals surface area contributed by atoms with Crippen molar-refractivity contribution < 1.29 is 4.74 Å². The Labute approximate surface area is 194 Å². The Morgan fingerprint density at radius 3 is 2.48 bits per heavy atom. The van der Waals surface area contributed by atoms with Gasteiger partial charge in [-0.05, 0) is 42.5 Å². The fourth-order valence-corrected chi connectivity index (χ4v) is 3.66. The van der Waals surface area contributed by atoms with Crippen LogP contribution in [-0.2, 0) is 0 Å². The molecule has 1 aliphatic heterocycles. The van der Waals surface area contributed by atoms with E-state index in [1.807, 2.05) is 42.5 Å². The van der Waals surface area contributed by atoms with E-state index in [-0.39, 0.29) is 12.6 Å². The van der Waals surface area contributed by atoms with Gasteiger partial charge in [-0.2, -0.15) is 15.0 Å². The summed E-state index contributed by atoms with van der Waals surface area (Å²) in [6, 6.07) is 15.8. The first kappa shape index (κ1) is 21.2. The normalized spacial score (nSPS) is 13.6. The highest BCUT2D eigenvalue weighted by atomic mass is 79.9. The van der Waals surface area contributed by atoms with E-state index in [1.54, 1.807) is 0 Å². The summed E-state index contributed by atoms with van der Waals surface area (Å²) in [5.41, 5.74) is 1.97. The summed E-state index contributed by atoms with van der Waals surface area (Å²) in [5, 5.41) is 3.93. The van der Waals surface area contributed by atoms with Crippen LogP contribution in [-0.4, -0.2) is 47.7 Å². The monoisotopic (exact) mass is 498 g/mol. The molecule has 0 aliphatic carbocycles. The number of hydrogen-bond acceptors (Lipinski definition) is 7. The molecule has 1 saturated heterocycles. The van der Waals surface area contributed by atoms with Gasteiger partial charge in [0.05, 0.1) is 0 Å². The summed E-state index contributed by atoms with van der Waals surface area (Å²) >= 11 is 9.57. The maximum absolute atomic E-state index is 6.14. The Balaban J connectivity index is 1.51. The molecule has 0 radical (unpaired) electrons. The van der Waals surface area contributed by atoms with Crippen LogP contribution >= 0.6 is 27.5 Å². The van der Waals surface area contributed by atoms with E-state index < -0.39 is 0 Å².